The van der Waals surface area contributed by atoms with E-state index in [4.69, 9.17) is 5.11 Å². The molecule has 0 aliphatic heterocycles. The van der Waals surface area contributed by atoms with Crippen LogP contribution in [0.2, 0.25) is 0 Å². The van der Waals surface area contributed by atoms with E-state index in [2.05, 4.69) is 10.3 Å². The molecule has 2 rings (SSSR count). The van der Waals surface area contributed by atoms with Crippen LogP contribution in [-0.4, -0.2) is 16.1 Å². The molecular formula is C13H14N2O2S. The number of pyridine rings is 1. The number of carboxylic acids is 1. The maximum absolute atomic E-state index is 11.1. The van der Waals surface area contributed by atoms with Gasteiger partial charge in [0.15, 0.2) is 0 Å². The molecule has 4 nitrogen and oxygen atoms in total. The van der Waals surface area contributed by atoms with Gasteiger partial charge in [0.2, 0.25) is 0 Å². The van der Waals surface area contributed by atoms with Crippen molar-refractivity contribution in [1.29, 1.82) is 0 Å². The van der Waals surface area contributed by atoms with Gasteiger partial charge in [0, 0.05) is 5.69 Å². The number of anilines is 1. The average Bonchev–Trinajstić information content (AvgIpc) is 2.81. The zero-order chi connectivity index (χ0) is 13.1. The Morgan fingerprint density at radius 1 is 1.44 bits per heavy atom. The molecule has 2 heterocycles. The first kappa shape index (κ1) is 12.6. The molecule has 18 heavy (non-hydrogen) atoms. The van der Waals surface area contributed by atoms with E-state index in [0.717, 1.165) is 11.3 Å². The molecule has 0 aliphatic carbocycles. The molecule has 0 radical (unpaired) electrons. The lowest BCUT2D eigenvalue weighted by atomic mass is 10.1. The Labute approximate surface area is 109 Å². The van der Waals surface area contributed by atoms with Gasteiger partial charge in [0.05, 0.1) is 6.04 Å². The Balaban J connectivity index is 2.28. The third-order valence-electron chi connectivity index (χ3n) is 2.66. The lowest BCUT2D eigenvalue weighted by molar-refractivity contribution is 0.0697. The standard InChI is InChI=1S/C13H14N2O2S/c1-8-3-4-11(13(16)17)12(14-8)15-9(2)10-5-6-18-7-10/h3-7,9H,1-2H3,(H,14,15)(H,16,17). The molecule has 1 unspecified atom stereocenters. The van der Waals surface area contributed by atoms with Gasteiger partial charge in [-0.05, 0) is 48.4 Å². The fourth-order valence-electron chi connectivity index (χ4n) is 1.65. The van der Waals surface area contributed by atoms with E-state index < -0.39 is 5.97 Å². The van der Waals surface area contributed by atoms with Crippen LogP contribution in [-0.2, 0) is 0 Å². The number of aromatic carboxylic acids is 1. The second kappa shape index (κ2) is 5.18. The summed E-state index contributed by atoms with van der Waals surface area (Å²) < 4.78 is 0. The van der Waals surface area contributed by atoms with Crippen LogP contribution in [0, 0.1) is 6.92 Å². The number of aromatic nitrogens is 1. The molecule has 0 amide bonds. The lowest BCUT2D eigenvalue weighted by Crippen LogP contribution is -2.12. The molecule has 1 atom stereocenters. The average molecular weight is 262 g/mol. The van der Waals surface area contributed by atoms with Crippen molar-refractivity contribution in [1.82, 2.24) is 4.98 Å². The predicted molar refractivity (Wildman–Crippen MR) is 72.3 cm³/mol. The van der Waals surface area contributed by atoms with Crippen molar-refractivity contribution in [2.45, 2.75) is 19.9 Å². The third kappa shape index (κ3) is 2.68. The highest BCUT2D eigenvalue weighted by Crippen LogP contribution is 2.22. The fraction of sp³-hybridized carbons (Fsp3) is 0.231. The molecule has 2 aromatic rings. The first-order valence-corrected chi connectivity index (χ1v) is 6.52. The van der Waals surface area contributed by atoms with Crippen molar-refractivity contribution < 1.29 is 9.90 Å². The van der Waals surface area contributed by atoms with Gasteiger partial charge in [-0.1, -0.05) is 0 Å². The fourth-order valence-corrected chi connectivity index (χ4v) is 2.40. The van der Waals surface area contributed by atoms with Crippen molar-refractivity contribution in [3.63, 3.8) is 0 Å². The van der Waals surface area contributed by atoms with Gasteiger partial charge >= 0.3 is 5.97 Å². The minimum atomic E-state index is -0.970. The smallest absolute Gasteiger partial charge is 0.339 e. The van der Waals surface area contributed by atoms with Crippen molar-refractivity contribution in [2.24, 2.45) is 0 Å². The summed E-state index contributed by atoms with van der Waals surface area (Å²) in [6, 6.07) is 5.32. The minimum absolute atomic E-state index is 0.0312. The summed E-state index contributed by atoms with van der Waals surface area (Å²) in [5.41, 5.74) is 2.11. The zero-order valence-electron chi connectivity index (χ0n) is 10.2. The van der Waals surface area contributed by atoms with E-state index >= 15 is 0 Å². The maximum Gasteiger partial charge on any atom is 0.339 e. The van der Waals surface area contributed by atoms with Crippen LogP contribution >= 0.6 is 11.3 Å². The van der Waals surface area contributed by atoms with Crippen molar-refractivity contribution in [3.05, 3.63) is 45.8 Å². The van der Waals surface area contributed by atoms with Crippen molar-refractivity contribution >= 4 is 23.1 Å². The Kier molecular flexibility index (Phi) is 3.62. The van der Waals surface area contributed by atoms with Gasteiger partial charge in [0.25, 0.3) is 0 Å². The van der Waals surface area contributed by atoms with E-state index in [-0.39, 0.29) is 11.6 Å². The second-order valence-corrected chi connectivity index (χ2v) is 4.86. The predicted octanol–water partition coefficient (Wildman–Crippen LogP) is 3.32. The molecule has 0 saturated carbocycles. The number of hydrogen-bond donors (Lipinski definition) is 2. The SMILES string of the molecule is Cc1ccc(C(=O)O)c(NC(C)c2ccsc2)n1. The van der Waals surface area contributed by atoms with Crippen LogP contribution in [0.25, 0.3) is 0 Å². The number of aryl methyl sites for hydroxylation is 1. The van der Waals surface area contributed by atoms with Gasteiger partial charge in [-0.2, -0.15) is 11.3 Å². The first-order valence-electron chi connectivity index (χ1n) is 5.57. The maximum atomic E-state index is 11.1. The Morgan fingerprint density at radius 2 is 2.22 bits per heavy atom. The molecule has 0 saturated heterocycles. The van der Waals surface area contributed by atoms with Crippen LogP contribution < -0.4 is 5.32 Å². The third-order valence-corrected chi connectivity index (χ3v) is 3.36. The molecule has 0 bridgehead atoms. The van der Waals surface area contributed by atoms with Crippen LogP contribution in [0.15, 0.2) is 29.0 Å². The number of hydrogen-bond acceptors (Lipinski definition) is 4. The molecular weight excluding hydrogens is 248 g/mol. The molecule has 2 aromatic heterocycles. The summed E-state index contributed by atoms with van der Waals surface area (Å²) in [5, 5.41) is 16.3. The van der Waals surface area contributed by atoms with Crippen LogP contribution in [0.5, 0.6) is 0 Å². The number of rotatable bonds is 4. The molecule has 94 valence electrons. The van der Waals surface area contributed by atoms with Crippen LogP contribution in [0.3, 0.4) is 0 Å². The van der Waals surface area contributed by atoms with Gasteiger partial charge in [-0.25, -0.2) is 9.78 Å². The summed E-state index contributed by atoms with van der Waals surface area (Å²) in [5.74, 6) is -0.552. The highest BCUT2D eigenvalue weighted by atomic mass is 32.1. The summed E-state index contributed by atoms with van der Waals surface area (Å²) in [6.07, 6.45) is 0. The summed E-state index contributed by atoms with van der Waals surface area (Å²) in [4.78, 5) is 15.4. The Bertz CT molecular complexity index is 552. The van der Waals surface area contributed by atoms with E-state index in [1.165, 1.54) is 0 Å². The second-order valence-electron chi connectivity index (χ2n) is 4.08. The largest absolute Gasteiger partial charge is 0.478 e. The summed E-state index contributed by atoms with van der Waals surface area (Å²) >= 11 is 1.62. The van der Waals surface area contributed by atoms with E-state index in [1.54, 1.807) is 23.5 Å². The number of thiophene rings is 1. The molecule has 2 N–H and O–H groups in total. The first-order chi connectivity index (χ1) is 8.58. The van der Waals surface area contributed by atoms with E-state index in [9.17, 15) is 4.79 Å². The Morgan fingerprint density at radius 3 is 2.83 bits per heavy atom. The number of carbonyl (C=O) groups is 1. The highest BCUT2D eigenvalue weighted by Gasteiger charge is 2.14. The molecule has 0 aromatic carbocycles. The summed E-state index contributed by atoms with van der Waals surface area (Å²) in [6.45, 7) is 3.82. The van der Waals surface area contributed by atoms with Gasteiger partial charge in [0.1, 0.15) is 11.4 Å². The van der Waals surface area contributed by atoms with Crippen LogP contribution in [0.4, 0.5) is 5.82 Å². The number of carboxylic acid groups (broad SMARTS) is 1. The Hall–Kier alpha value is -1.88. The molecule has 0 aliphatic rings. The van der Waals surface area contributed by atoms with Crippen molar-refractivity contribution in [3.8, 4) is 0 Å². The molecule has 0 spiro atoms. The lowest BCUT2D eigenvalue weighted by Gasteiger charge is -2.15. The van der Waals surface area contributed by atoms with Gasteiger partial charge in [-0.15, -0.1) is 0 Å². The summed E-state index contributed by atoms with van der Waals surface area (Å²) in [7, 11) is 0. The van der Waals surface area contributed by atoms with E-state index in [1.807, 2.05) is 30.7 Å². The number of nitrogens with zero attached hydrogens (tertiary/aromatic N) is 1. The van der Waals surface area contributed by atoms with Gasteiger partial charge < -0.3 is 10.4 Å². The monoisotopic (exact) mass is 262 g/mol. The molecule has 0 fully saturated rings. The van der Waals surface area contributed by atoms with E-state index in [0.29, 0.717) is 5.82 Å². The van der Waals surface area contributed by atoms with Crippen LogP contribution in [0.1, 0.15) is 34.6 Å². The zero-order valence-corrected chi connectivity index (χ0v) is 11.0. The normalized spacial score (nSPS) is 12.1. The topological polar surface area (TPSA) is 62.2 Å². The highest BCUT2D eigenvalue weighted by molar-refractivity contribution is 7.07. The molecule has 5 heteroatoms. The van der Waals surface area contributed by atoms with Crippen molar-refractivity contribution in [2.75, 3.05) is 5.32 Å². The van der Waals surface area contributed by atoms with Gasteiger partial charge in [-0.3, -0.25) is 0 Å². The number of nitrogens with one attached hydrogen (secondary N) is 1. The minimum Gasteiger partial charge on any atom is -0.478 e. The quantitative estimate of drug-likeness (QED) is 0.887.